The molecule has 0 saturated carbocycles. The minimum atomic E-state index is 0.729. The summed E-state index contributed by atoms with van der Waals surface area (Å²) < 4.78 is 22.3. The zero-order chi connectivity index (χ0) is 33.3. The molecule has 0 saturated heterocycles. The fourth-order valence-electron chi connectivity index (χ4n) is 6.18. The average Bonchev–Trinajstić information content (AvgIpc) is 3.15. The lowest BCUT2D eigenvalue weighted by molar-refractivity contribution is 0.399. The summed E-state index contributed by atoms with van der Waals surface area (Å²) in [5.74, 6) is 3.33. The highest BCUT2D eigenvalue weighted by molar-refractivity contribution is 6.04. The second-order valence-corrected chi connectivity index (χ2v) is 11.6. The molecule has 4 heteroatoms. The van der Waals surface area contributed by atoms with E-state index >= 15 is 0 Å². The second-order valence-electron chi connectivity index (χ2n) is 11.6. The summed E-state index contributed by atoms with van der Waals surface area (Å²) in [5, 5.41) is 0. The topological polar surface area (TPSA) is 36.9 Å². The number of ether oxygens (including phenoxy) is 4. The maximum Gasteiger partial charge on any atom is 0.122 e. The summed E-state index contributed by atoms with van der Waals surface area (Å²) in [7, 11) is 6.79. The first-order chi connectivity index (χ1) is 23.6. The molecular formula is C44H40O4. The lowest BCUT2D eigenvalue weighted by Crippen LogP contribution is -1.99. The Morgan fingerprint density at radius 1 is 0.375 bits per heavy atom. The highest BCUT2D eigenvalue weighted by Gasteiger charge is 2.17. The van der Waals surface area contributed by atoms with Crippen LogP contribution >= 0.6 is 0 Å². The minimum absolute atomic E-state index is 0.729. The van der Waals surface area contributed by atoms with Crippen LogP contribution in [0, 0.1) is 0 Å². The van der Waals surface area contributed by atoms with E-state index in [4.69, 9.17) is 18.9 Å². The molecule has 6 aromatic carbocycles. The van der Waals surface area contributed by atoms with Crippen molar-refractivity contribution in [3.63, 3.8) is 0 Å². The van der Waals surface area contributed by atoms with Gasteiger partial charge in [-0.3, -0.25) is 0 Å². The fraction of sp³-hybridized carbons (Fsp3) is 0.136. The third-order valence-electron chi connectivity index (χ3n) is 8.62. The minimum Gasteiger partial charge on any atom is -0.497 e. The van der Waals surface area contributed by atoms with Crippen molar-refractivity contribution >= 4 is 11.1 Å². The zero-order valence-electron chi connectivity index (χ0n) is 27.9. The maximum absolute atomic E-state index is 5.66. The highest BCUT2D eigenvalue weighted by Crippen LogP contribution is 2.38. The molecule has 0 amide bonds. The summed E-state index contributed by atoms with van der Waals surface area (Å²) >= 11 is 0. The normalized spacial score (nSPS) is 10.7. The van der Waals surface area contributed by atoms with Gasteiger partial charge in [0.25, 0.3) is 0 Å². The molecule has 0 bridgehead atoms. The number of hydrogen-bond acceptors (Lipinski definition) is 4. The van der Waals surface area contributed by atoms with Gasteiger partial charge in [-0.25, -0.2) is 0 Å². The van der Waals surface area contributed by atoms with Gasteiger partial charge in [0.05, 0.1) is 28.4 Å². The summed E-state index contributed by atoms with van der Waals surface area (Å²) in [6, 6.07) is 51.0. The average molecular weight is 633 g/mol. The molecule has 0 atom stereocenters. The van der Waals surface area contributed by atoms with E-state index in [0.717, 1.165) is 69.2 Å². The van der Waals surface area contributed by atoms with Gasteiger partial charge in [0.15, 0.2) is 0 Å². The van der Waals surface area contributed by atoms with Crippen LogP contribution in [0.4, 0.5) is 0 Å². The summed E-state index contributed by atoms with van der Waals surface area (Å²) in [6.07, 6.45) is 1.46. The first-order valence-electron chi connectivity index (χ1n) is 16.1. The molecule has 0 aliphatic carbocycles. The summed E-state index contributed by atoms with van der Waals surface area (Å²) in [4.78, 5) is 0. The third kappa shape index (κ3) is 7.29. The van der Waals surface area contributed by atoms with E-state index in [1.165, 1.54) is 22.3 Å². The Bertz CT molecular complexity index is 1830. The van der Waals surface area contributed by atoms with Gasteiger partial charge in [-0.2, -0.15) is 0 Å². The lowest BCUT2D eigenvalue weighted by Gasteiger charge is -2.19. The van der Waals surface area contributed by atoms with Crippen molar-refractivity contribution in [1.82, 2.24) is 0 Å². The van der Waals surface area contributed by atoms with Crippen LogP contribution in [-0.2, 0) is 12.8 Å². The number of methoxy groups -OCH3 is 4. The molecule has 48 heavy (non-hydrogen) atoms. The van der Waals surface area contributed by atoms with Crippen molar-refractivity contribution in [2.75, 3.05) is 28.4 Å². The van der Waals surface area contributed by atoms with Gasteiger partial charge in [-0.15, -0.1) is 0 Å². The van der Waals surface area contributed by atoms with Crippen molar-refractivity contribution < 1.29 is 18.9 Å². The van der Waals surface area contributed by atoms with Crippen LogP contribution in [0.5, 0.6) is 23.0 Å². The van der Waals surface area contributed by atoms with E-state index < -0.39 is 0 Å². The van der Waals surface area contributed by atoms with Crippen LogP contribution in [0.3, 0.4) is 0 Å². The van der Waals surface area contributed by atoms with Gasteiger partial charge in [-0.1, -0.05) is 109 Å². The standard InChI is InChI=1S/C44H40O4/c1-45-39-23-25-41(47-3)37(29-39)27-31-15-19-35(20-16-31)44(43(33-11-7-5-8-12-33)34-13-9-6-10-14-34)36-21-17-32(18-22-36)28-38-30-40(46-2)24-26-42(38)48-4/h5-26,29-30H,27-28H2,1-4H3. The van der Waals surface area contributed by atoms with Gasteiger partial charge < -0.3 is 18.9 Å². The van der Waals surface area contributed by atoms with E-state index in [1.807, 2.05) is 36.4 Å². The Labute approximate surface area is 283 Å². The van der Waals surface area contributed by atoms with E-state index in [-0.39, 0.29) is 0 Å². The predicted octanol–water partition coefficient (Wildman–Crippen LogP) is 9.91. The van der Waals surface area contributed by atoms with Gasteiger partial charge >= 0.3 is 0 Å². The molecule has 0 aliphatic heterocycles. The van der Waals surface area contributed by atoms with E-state index in [0.29, 0.717) is 0 Å². The Hall–Kier alpha value is -5.74. The lowest BCUT2D eigenvalue weighted by atomic mass is 9.85. The quantitative estimate of drug-likeness (QED) is 0.126. The molecule has 0 aliphatic rings. The monoisotopic (exact) mass is 632 g/mol. The van der Waals surface area contributed by atoms with Crippen molar-refractivity contribution in [3.05, 3.63) is 190 Å². The van der Waals surface area contributed by atoms with Crippen LogP contribution < -0.4 is 18.9 Å². The molecule has 6 aromatic rings. The molecule has 0 unspecified atom stereocenters. The number of rotatable bonds is 12. The zero-order valence-corrected chi connectivity index (χ0v) is 27.9. The van der Waals surface area contributed by atoms with Crippen LogP contribution in [0.2, 0.25) is 0 Å². The number of benzene rings is 6. The van der Waals surface area contributed by atoms with E-state index in [1.54, 1.807) is 28.4 Å². The van der Waals surface area contributed by atoms with Gasteiger partial charge in [0, 0.05) is 24.0 Å². The molecule has 0 radical (unpaired) electrons. The largest absolute Gasteiger partial charge is 0.497 e. The molecule has 0 N–H and O–H groups in total. The summed E-state index contributed by atoms with van der Waals surface area (Å²) in [6.45, 7) is 0. The van der Waals surface area contributed by atoms with Crippen molar-refractivity contribution in [2.45, 2.75) is 12.8 Å². The molecule has 0 heterocycles. The molecule has 0 aromatic heterocycles. The van der Waals surface area contributed by atoms with E-state index in [2.05, 4.69) is 109 Å². The summed E-state index contributed by atoms with van der Waals surface area (Å²) in [5.41, 5.74) is 11.5. The Morgan fingerprint density at radius 3 is 1.06 bits per heavy atom. The van der Waals surface area contributed by atoms with Gasteiger partial charge in [0.2, 0.25) is 0 Å². The molecular weight excluding hydrogens is 592 g/mol. The van der Waals surface area contributed by atoms with Gasteiger partial charge in [0.1, 0.15) is 23.0 Å². The molecule has 0 fully saturated rings. The Morgan fingerprint density at radius 2 is 0.729 bits per heavy atom. The Kier molecular flexibility index (Phi) is 10.2. The fourth-order valence-corrected chi connectivity index (χ4v) is 6.18. The molecule has 6 rings (SSSR count). The molecule has 240 valence electrons. The maximum atomic E-state index is 5.66. The smallest absolute Gasteiger partial charge is 0.122 e. The van der Waals surface area contributed by atoms with Crippen LogP contribution in [0.1, 0.15) is 44.5 Å². The number of hydrogen-bond donors (Lipinski definition) is 0. The molecule has 4 nitrogen and oxygen atoms in total. The van der Waals surface area contributed by atoms with Crippen molar-refractivity contribution in [1.29, 1.82) is 0 Å². The third-order valence-corrected chi connectivity index (χ3v) is 8.62. The van der Waals surface area contributed by atoms with Crippen LogP contribution in [-0.4, -0.2) is 28.4 Å². The van der Waals surface area contributed by atoms with Crippen LogP contribution in [0.15, 0.2) is 146 Å². The van der Waals surface area contributed by atoms with Crippen molar-refractivity contribution in [2.24, 2.45) is 0 Å². The Balaban J connectivity index is 1.44. The predicted molar refractivity (Wildman–Crippen MR) is 195 cm³/mol. The highest BCUT2D eigenvalue weighted by atomic mass is 16.5. The first-order valence-corrected chi connectivity index (χ1v) is 16.1. The van der Waals surface area contributed by atoms with E-state index in [9.17, 15) is 0 Å². The SMILES string of the molecule is COc1ccc(OC)c(Cc2ccc(C(=C(c3ccccc3)c3ccccc3)c3ccc(Cc4cc(OC)ccc4OC)cc3)cc2)c1. The first kappa shape index (κ1) is 32.2. The second kappa shape index (κ2) is 15.2. The van der Waals surface area contributed by atoms with Crippen LogP contribution in [0.25, 0.3) is 11.1 Å². The van der Waals surface area contributed by atoms with Crippen molar-refractivity contribution in [3.8, 4) is 23.0 Å². The molecule has 0 spiro atoms. The van der Waals surface area contributed by atoms with Gasteiger partial charge in [-0.05, 0) is 80.9 Å².